The molecule has 2 atom stereocenters. The second-order valence-electron chi connectivity index (χ2n) is 4.76. The van der Waals surface area contributed by atoms with Crippen LogP contribution in [-0.2, 0) is 11.4 Å². The highest BCUT2D eigenvalue weighted by molar-refractivity contribution is 5.13. The van der Waals surface area contributed by atoms with Gasteiger partial charge < -0.3 is 5.32 Å². The van der Waals surface area contributed by atoms with Crippen LogP contribution in [-0.4, -0.2) is 30.7 Å². The molecule has 0 radical (unpaired) electrons. The third-order valence-corrected chi connectivity index (χ3v) is 3.46. The van der Waals surface area contributed by atoms with Crippen molar-refractivity contribution in [2.24, 2.45) is 0 Å². The van der Waals surface area contributed by atoms with Crippen LogP contribution in [0.3, 0.4) is 0 Å². The van der Waals surface area contributed by atoms with Gasteiger partial charge in [0.2, 0.25) is 0 Å². The van der Waals surface area contributed by atoms with Crippen LogP contribution in [0.1, 0.15) is 25.3 Å². The molecule has 1 aliphatic heterocycles. The van der Waals surface area contributed by atoms with Crippen LogP contribution in [0, 0.1) is 0 Å². The monoisotopic (exact) mass is 234 g/mol. The molecule has 0 bridgehead atoms. The molecule has 0 spiro atoms. The molecule has 1 saturated heterocycles. The summed E-state index contributed by atoms with van der Waals surface area (Å²) >= 11 is 0. The minimum absolute atomic E-state index is 0.491. The highest BCUT2D eigenvalue weighted by Crippen LogP contribution is 2.18. The van der Waals surface area contributed by atoms with Gasteiger partial charge in [0.25, 0.3) is 0 Å². The molecular weight excluding hydrogens is 212 g/mol. The smallest absolute Gasteiger partial charge is 0.0936 e. The van der Waals surface area contributed by atoms with Gasteiger partial charge in [-0.05, 0) is 32.4 Å². The summed E-state index contributed by atoms with van der Waals surface area (Å²) in [5, 5.41) is 5.47. The number of nitrogens with one attached hydrogen (secondary N) is 1. The number of piperidine rings is 1. The van der Waals surface area contributed by atoms with E-state index >= 15 is 0 Å². The summed E-state index contributed by atoms with van der Waals surface area (Å²) in [6, 6.07) is 11.5. The molecule has 94 valence electrons. The van der Waals surface area contributed by atoms with E-state index in [0.717, 1.165) is 19.4 Å². The van der Waals surface area contributed by atoms with Crippen molar-refractivity contribution in [3.8, 4) is 0 Å². The van der Waals surface area contributed by atoms with E-state index in [1.54, 1.807) is 0 Å². The van der Waals surface area contributed by atoms with Gasteiger partial charge in [-0.2, -0.15) is 5.06 Å². The lowest BCUT2D eigenvalue weighted by Crippen LogP contribution is -2.46. The van der Waals surface area contributed by atoms with Crippen molar-refractivity contribution in [1.82, 2.24) is 10.4 Å². The van der Waals surface area contributed by atoms with Gasteiger partial charge in [0.15, 0.2) is 0 Å². The van der Waals surface area contributed by atoms with Gasteiger partial charge in [-0.3, -0.25) is 4.84 Å². The Labute approximate surface area is 104 Å². The average Bonchev–Trinajstić information content (AvgIpc) is 2.38. The van der Waals surface area contributed by atoms with Crippen LogP contribution in [0.4, 0.5) is 0 Å². The summed E-state index contributed by atoms with van der Waals surface area (Å²) < 4.78 is 0. The number of hydrogen-bond donors (Lipinski definition) is 1. The number of hydroxylamine groups is 2. The molecule has 0 saturated carbocycles. The lowest BCUT2D eigenvalue weighted by atomic mass is 10.0. The number of benzene rings is 1. The minimum atomic E-state index is 0.491. The van der Waals surface area contributed by atoms with E-state index in [0.29, 0.717) is 18.7 Å². The minimum Gasteiger partial charge on any atom is -0.317 e. The third-order valence-electron chi connectivity index (χ3n) is 3.46. The van der Waals surface area contributed by atoms with E-state index in [-0.39, 0.29) is 0 Å². The van der Waals surface area contributed by atoms with Crippen molar-refractivity contribution < 1.29 is 4.84 Å². The van der Waals surface area contributed by atoms with E-state index in [4.69, 9.17) is 4.84 Å². The predicted molar refractivity (Wildman–Crippen MR) is 69.5 cm³/mol. The van der Waals surface area contributed by atoms with E-state index in [1.165, 1.54) is 5.56 Å². The molecule has 1 heterocycles. The Hall–Kier alpha value is -0.900. The lowest BCUT2D eigenvalue weighted by Gasteiger charge is -2.36. The summed E-state index contributed by atoms with van der Waals surface area (Å²) in [6.45, 7) is 3.92. The van der Waals surface area contributed by atoms with Gasteiger partial charge in [0.1, 0.15) is 0 Å². The molecule has 17 heavy (non-hydrogen) atoms. The quantitative estimate of drug-likeness (QED) is 0.864. The summed E-state index contributed by atoms with van der Waals surface area (Å²) in [6.07, 6.45) is 2.32. The fourth-order valence-electron chi connectivity index (χ4n) is 2.34. The molecule has 1 N–H and O–H groups in total. The third kappa shape index (κ3) is 3.53. The molecule has 2 unspecified atom stereocenters. The summed E-state index contributed by atoms with van der Waals surface area (Å²) in [7, 11) is 2.04. The molecule has 3 heteroatoms. The van der Waals surface area contributed by atoms with Crippen molar-refractivity contribution in [3.63, 3.8) is 0 Å². The van der Waals surface area contributed by atoms with Gasteiger partial charge in [-0.25, -0.2) is 0 Å². The van der Waals surface area contributed by atoms with E-state index < -0.39 is 0 Å². The van der Waals surface area contributed by atoms with Gasteiger partial charge in [-0.1, -0.05) is 30.3 Å². The van der Waals surface area contributed by atoms with Crippen LogP contribution in [0.15, 0.2) is 30.3 Å². The topological polar surface area (TPSA) is 24.5 Å². The largest absolute Gasteiger partial charge is 0.317 e. The van der Waals surface area contributed by atoms with Crippen molar-refractivity contribution in [3.05, 3.63) is 35.9 Å². The second kappa shape index (κ2) is 6.15. The Morgan fingerprint density at radius 2 is 2.12 bits per heavy atom. The van der Waals surface area contributed by atoms with Crippen LogP contribution < -0.4 is 5.32 Å². The first-order valence-electron chi connectivity index (χ1n) is 6.40. The fraction of sp³-hybridized carbons (Fsp3) is 0.571. The van der Waals surface area contributed by atoms with E-state index in [1.807, 2.05) is 13.1 Å². The average molecular weight is 234 g/mol. The standard InChI is InChI=1S/C14H22N2O/c1-12-10-14(15-2)8-9-16(12)17-11-13-6-4-3-5-7-13/h3-7,12,14-15H,8-11H2,1-2H3. The van der Waals surface area contributed by atoms with Crippen molar-refractivity contribution in [1.29, 1.82) is 0 Å². The maximum Gasteiger partial charge on any atom is 0.0936 e. The Balaban J connectivity index is 1.80. The Morgan fingerprint density at radius 1 is 1.35 bits per heavy atom. The van der Waals surface area contributed by atoms with Crippen LogP contribution >= 0.6 is 0 Å². The van der Waals surface area contributed by atoms with E-state index in [9.17, 15) is 0 Å². The maximum atomic E-state index is 5.88. The van der Waals surface area contributed by atoms with Gasteiger partial charge >= 0.3 is 0 Å². The zero-order valence-corrected chi connectivity index (χ0v) is 10.7. The Kier molecular flexibility index (Phi) is 4.54. The molecule has 0 aliphatic carbocycles. The first kappa shape index (κ1) is 12.6. The first-order valence-corrected chi connectivity index (χ1v) is 6.40. The van der Waals surface area contributed by atoms with Gasteiger partial charge in [0.05, 0.1) is 6.61 Å². The number of hydrogen-bond acceptors (Lipinski definition) is 3. The second-order valence-corrected chi connectivity index (χ2v) is 4.76. The van der Waals surface area contributed by atoms with Crippen molar-refractivity contribution >= 4 is 0 Å². The first-order chi connectivity index (χ1) is 8.29. The highest BCUT2D eigenvalue weighted by atomic mass is 16.7. The number of nitrogens with zero attached hydrogens (tertiary/aromatic N) is 1. The SMILES string of the molecule is CNC1CCN(OCc2ccccc2)C(C)C1. The van der Waals surface area contributed by atoms with Crippen LogP contribution in [0.5, 0.6) is 0 Å². The predicted octanol–water partition coefficient (Wildman–Crippen LogP) is 2.19. The summed E-state index contributed by atoms with van der Waals surface area (Å²) in [4.78, 5) is 5.88. The highest BCUT2D eigenvalue weighted by Gasteiger charge is 2.24. The molecule has 2 rings (SSSR count). The van der Waals surface area contributed by atoms with Crippen molar-refractivity contribution in [2.75, 3.05) is 13.6 Å². The summed E-state index contributed by atoms with van der Waals surface area (Å²) in [5.74, 6) is 0. The van der Waals surface area contributed by atoms with Gasteiger partial charge in [-0.15, -0.1) is 0 Å². The van der Waals surface area contributed by atoms with Crippen LogP contribution in [0.2, 0.25) is 0 Å². The van der Waals surface area contributed by atoms with Gasteiger partial charge in [0, 0.05) is 18.6 Å². The number of rotatable bonds is 4. The maximum absolute atomic E-state index is 5.88. The van der Waals surface area contributed by atoms with E-state index in [2.05, 4.69) is 41.6 Å². The molecular formula is C14H22N2O. The molecule has 0 amide bonds. The summed E-state index contributed by atoms with van der Waals surface area (Å²) in [5.41, 5.74) is 1.23. The molecule has 1 aliphatic rings. The molecule has 1 fully saturated rings. The molecule has 1 aromatic carbocycles. The normalized spacial score (nSPS) is 26.0. The molecule has 0 aromatic heterocycles. The fourth-order valence-corrected chi connectivity index (χ4v) is 2.34. The zero-order valence-electron chi connectivity index (χ0n) is 10.7. The van der Waals surface area contributed by atoms with Crippen LogP contribution in [0.25, 0.3) is 0 Å². The molecule has 3 nitrogen and oxygen atoms in total. The Morgan fingerprint density at radius 3 is 2.76 bits per heavy atom. The Bertz CT molecular complexity index is 328. The lowest BCUT2D eigenvalue weighted by molar-refractivity contribution is -0.206. The van der Waals surface area contributed by atoms with Crippen molar-refractivity contribution in [2.45, 2.75) is 38.5 Å². The zero-order chi connectivity index (χ0) is 12.1. The molecule has 1 aromatic rings.